The number of aliphatic hydroxyl groups is 2. The Bertz CT molecular complexity index is 170. The van der Waals surface area contributed by atoms with Crippen LogP contribution in [0.2, 0.25) is 0 Å². The van der Waals surface area contributed by atoms with E-state index in [4.69, 9.17) is 5.11 Å². The third kappa shape index (κ3) is 8.93. The maximum atomic E-state index is 10.2. The number of hydrogen-bond acceptors (Lipinski definition) is 2. The van der Waals surface area contributed by atoms with Crippen LogP contribution < -0.4 is 0 Å². The van der Waals surface area contributed by atoms with Gasteiger partial charge < -0.3 is 10.2 Å². The average molecular weight is 258 g/mol. The Morgan fingerprint density at radius 2 is 1.61 bits per heavy atom. The molecule has 3 atom stereocenters. The fourth-order valence-corrected chi connectivity index (χ4v) is 2.50. The molecule has 0 rings (SSSR count). The quantitative estimate of drug-likeness (QED) is 0.516. The van der Waals surface area contributed by atoms with Crippen molar-refractivity contribution in [2.75, 3.05) is 6.61 Å². The van der Waals surface area contributed by atoms with Crippen LogP contribution in [-0.4, -0.2) is 22.9 Å². The zero-order valence-electron chi connectivity index (χ0n) is 12.7. The van der Waals surface area contributed by atoms with Gasteiger partial charge in [-0.1, -0.05) is 59.3 Å². The molecule has 18 heavy (non-hydrogen) atoms. The minimum absolute atomic E-state index is 0.115. The van der Waals surface area contributed by atoms with Gasteiger partial charge >= 0.3 is 0 Å². The molecule has 0 aliphatic rings. The third-order valence-electron chi connectivity index (χ3n) is 4.01. The van der Waals surface area contributed by atoms with Crippen molar-refractivity contribution in [2.24, 2.45) is 11.8 Å². The molecule has 0 aromatic heterocycles. The summed E-state index contributed by atoms with van der Waals surface area (Å²) in [6.45, 7) is 6.77. The van der Waals surface area contributed by atoms with Crippen LogP contribution in [0, 0.1) is 11.8 Å². The molecule has 0 amide bonds. The third-order valence-corrected chi connectivity index (χ3v) is 4.01. The number of aliphatic hydroxyl groups excluding tert-OH is 2. The lowest BCUT2D eigenvalue weighted by Gasteiger charge is -2.22. The van der Waals surface area contributed by atoms with Gasteiger partial charge in [-0.25, -0.2) is 0 Å². The lowest BCUT2D eigenvalue weighted by atomic mass is 9.89. The van der Waals surface area contributed by atoms with E-state index in [1.165, 1.54) is 25.7 Å². The van der Waals surface area contributed by atoms with Crippen molar-refractivity contribution < 1.29 is 10.2 Å². The van der Waals surface area contributed by atoms with Crippen LogP contribution in [0.15, 0.2) is 0 Å². The Balaban J connectivity index is 3.71. The summed E-state index contributed by atoms with van der Waals surface area (Å²) in [7, 11) is 0. The molecule has 0 fully saturated rings. The molecule has 110 valence electrons. The number of rotatable bonds is 12. The van der Waals surface area contributed by atoms with Crippen molar-refractivity contribution in [3.05, 3.63) is 0 Å². The van der Waals surface area contributed by atoms with Gasteiger partial charge in [-0.05, 0) is 31.1 Å². The van der Waals surface area contributed by atoms with Gasteiger partial charge in [-0.2, -0.15) is 0 Å². The summed E-state index contributed by atoms with van der Waals surface area (Å²) in [6.07, 6.45) is 10.2. The van der Waals surface area contributed by atoms with Crippen LogP contribution in [0.3, 0.4) is 0 Å². The van der Waals surface area contributed by atoms with Crippen molar-refractivity contribution in [1.82, 2.24) is 0 Å². The van der Waals surface area contributed by atoms with Crippen molar-refractivity contribution >= 4 is 0 Å². The lowest BCUT2D eigenvalue weighted by molar-refractivity contribution is 0.0860. The van der Waals surface area contributed by atoms with Crippen LogP contribution in [0.1, 0.15) is 78.6 Å². The first-order valence-electron chi connectivity index (χ1n) is 7.94. The smallest absolute Gasteiger partial charge is 0.0568 e. The number of unbranched alkanes of at least 4 members (excludes halogenated alkanes) is 3. The SMILES string of the molecule is CCCCCC[C@H](O)C(CC)CCCC(C)CO. The highest BCUT2D eigenvalue weighted by molar-refractivity contribution is 4.68. The Labute approximate surface area is 114 Å². The van der Waals surface area contributed by atoms with E-state index in [-0.39, 0.29) is 12.7 Å². The summed E-state index contributed by atoms with van der Waals surface area (Å²) in [6, 6.07) is 0. The van der Waals surface area contributed by atoms with Gasteiger partial charge in [0.1, 0.15) is 0 Å². The molecule has 2 N–H and O–H groups in total. The molecule has 0 saturated heterocycles. The van der Waals surface area contributed by atoms with E-state index >= 15 is 0 Å². The monoisotopic (exact) mass is 258 g/mol. The largest absolute Gasteiger partial charge is 0.396 e. The van der Waals surface area contributed by atoms with Gasteiger partial charge in [0, 0.05) is 6.61 Å². The van der Waals surface area contributed by atoms with Gasteiger partial charge in [0.2, 0.25) is 0 Å². The molecule has 0 heterocycles. The molecule has 0 aliphatic heterocycles. The molecule has 0 spiro atoms. The normalized spacial score (nSPS) is 16.5. The van der Waals surface area contributed by atoms with Crippen molar-refractivity contribution in [3.63, 3.8) is 0 Å². The molecule has 0 aromatic carbocycles. The van der Waals surface area contributed by atoms with E-state index in [9.17, 15) is 5.11 Å². The standard InChI is InChI=1S/C16H34O2/c1-4-6-7-8-12-16(18)15(5-2)11-9-10-14(3)13-17/h14-18H,4-13H2,1-3H3/t14?,15?,16-/m0/s1. The minimum Gasteiger partial charge on any atom is -0.396 e. The molecule has 0 saturated carbocycles. The first kappa shape index (κ1) is 17.9. The Hall–Kier alpha value is -0.0800. The van der Waals surface area contributed by atoms with Crippen molar-refractivity contribution in [1.29, 1.82) is 0 Å². The van der Waals surface area contributed by atoms with Crippen LogP contribution in [0.25, 0.3) is 0 Å². The summed E-state index contributed by atoms with van der Waals surface area (Å²) in [5.41, 5.74) is 0. The molecule has 2 unspecified atom stereocenters. The topological polar surface area (TPSA) is 40.5 Å². The summed E-state index contributed by atoms with van der Waals surface area (Å²) in [4.78, 5) is 0. The summed E-state index contributed by atoms with van der Waals surface area (Å²) in [5, 5.41) is 19.2. The fraction of sp³-hybridized carbons (Fsp3) is 1.00. The first-order chi connectivity index (χ1) is 8.65. The van der Waals surface area contributed by atoms with Crippen molar-refractivity contribution in [3.8, 4) is 0 Å². The van der Waals surface area contributed by atoms with Crippen LogP contribution in [0.4, 0.5) is 0 Å². The highest BCUT2D eigenvalue weighted by atomic mass is 16.3. The molecule has 0 radical (unpaired) electrons. The van der Waals surface area contributed by atoms with Gasteiger partial charge in [-0.15, -0.1) is 0 Å². The van der Waals surface area contributed by atoms with E-state index in [0.29, 0.717) is 11.8 Å². The summed E-state index contributed by atoms with van der Waals surface area (Å²) in [5.74, 6) is 0.863. The average Bonchev–Trinajstić information content (AvgIpc) is 2.39. The van der Waals surface area contributed by atoms with E-state index < -0.39 is 0 Å². The van der Waals surface area contributed by atoms with Crippen LogP contribution in [-0.2, 0) is 0 Å². The van der Waals surface area contributed by atoms with Crippen LogP contribution in [0.5, 0.6) is 0 Å². The zero-order valence-corrected chi connectivity index (χ0v) is 12.7. The summed E-state index contributed by atoms with van der Waals surface area (Å²) >= 11 is 0. The van der Waals surface area contributed by atoms with E-state index in [1.54, 1.807) is 0 Å². The highest BCUT2D eigenvalue weighted by Gasteiger charge is 2.16. The van der Waals surface area contributed by atoms with Crippen LogP contribution >= 0.6 is 0 Å². The molecule has 0 aromatic rings. The molecule has 0 aliphatic carbocycles. The summed E-state index contributed by atoms with van der Waals surface area (Å²) < 4.78 is 0. The van der Waals surface area contributed by atoms with E-state index in [2.05, 4.69) is 20.8 Å². The molecule has 0 bridgehead atoms. The van der Waals surface area contributed by atoms with Gasteiger partial charge in [-0.3, -0.25) is 0 Å². The van der Waals surface area contributed by atoms with Gasteiger partial charge in [0.15, 0.2) is 0 Å². The molecular weight excluding hydrogens is 224 g/mol. The Kier molecular flexibility index (Phi) is 11.9. The second-order valence-corrected chi connectivity index (χ2v) is 5.80. The van der Waals surface area contributed by atoms with E-state index in [0.717, 1.165) is 32.1 Å². The Morgan fingerprint density at radius 1 is 0.889 bits per heavy atom. The second-order valence-electron chi connectivity index (χ2n) is 5.80. The van der Waals surface area contributed by atoms with Gasteiger partial charge in [0.25, 0.3) is 0 Å². The second kappa shape index (κ2) is 12.0. The lowest BCUT2D eigenvalue weighted by Crippen LogP contribution is -2.20. The zero-order chi connectivity index (χ0) is 13.8. The molecular formula is C16H34O2. The first-order valence-corrected chi connectivity index (χ1v) is 7.94. The minimum atomic E-state index is -0.115. The maximum absolute atomic E-state index is 10.2. The fourth-order valence-electron chi connectivity index (χ4n) is 2.50. The van der Waals surface area contributed by atoms with Gasteiger partial charge in [0.05, 0.1) is 6.10 Å². The predicted molar refractivity (Wildman–Crippen MR) is 78.6 cm³/mol. The van der Waals surface area contributed by atoms with Crippen molar-refractivity contribution in [2.45, 2.75) is 84.7 Å². The maximum Gasteiger partial charge on any atom is 0.0568 e. The molecule has 2 heteroatoms. The predicted octanol–water partition coefficient (Wildman–Crippen LogP) is 4.14. The highest BCUT2D eigenvalue weighted by Crippen LogP contribution is 2.22. The number of hydrogen-bond donors (Lipinski definition) is 2. The molecule has 2 nitrogen and oxygen atoms in total. The Morgan fingerprint density at radius 3 is 2.17 bits per heavy atom. The van der Waals surface area contributed by atoms with E-state index in [1.807, 2.05) is 0 Å².